The van der Waals surface area contributed by atoms with Crippen molar-refractivity contribution in [2.45, 2.75) is 346 Å². The van der Waals surface area contributed by atoms with Crippen LogP contribution in [-0.2, 0) is 40.7 Å². The third-order valence-corrected chi connectivity index (χ3v) is 34.8. The van der Waals surface area contributed by atoms with E-state index in [1.165, 1.54) is 387 Å². The van der Waals surface area contributed by atoms with Gasteiger partial charge in [-0.15, -0.1) is 0 Å². The Morgan fingerprint density at radius 1 is 0.225 bits per heavy atom. The molecule has 21 rings (SSSR count). The minimum Gasteiger partial charge on any atom is -0.198 e. The second kappa shape index (κ2) is 41.6. The van der Waals surface area contributed by atoms with Crippen molar-refractivity contribution < 1.29 is 22.8 Å². The van der Waals surface area contributed by atoms with Crippen LogP contribution in [0.15, 0.2) is 188 Å². The molecule has 0 radical (unpaired) electrons. The molecule has 0 N–H and O–H groups in total. The molecule has 6 fully saturated rings. The Labute approximate surface area is 831 Å². The fourth-order valence-electron chi connectivity index (χ4n) is 25.1. The minimum absolute atomic E-state index is 0.140. The molecule has 0 bridgehead atoms. The van der Waals surface area contributed by atoms with E-state index in [0.717, 1.165) is 35.5 Å². The maximum Gasteiger partial charge on any atom is 0.220 e. The molecule has 0 atom stereocenters. The summed E-state index contributed by atoms with van der Waals surface area (Å²) in [6.07, 6.45) is 32.9. The molecule has 10 aromatic carbocycles. The zero-order chi connectivity index (χ0) is 97.7. The molecule has 5 heterocycles. The predicted octanol–water partition coefficient (Wildman–Crippen LogP) is 34.0. The Morgan fingerprint density at radius 2 is 0.478 bits per heavy atom. The van der Waals surface area contributed by atoms with Gasteiger partial charge >= 0.3 is 0 Å². The van der Waals surface area contributed by atoms with E-state index in [4.69, 9.17) is 0 Å². The molecule has 0 aliphatic heterocycles. The van der Waals surface area contributed by atoms with Crippen molar-refractivity contribution >= 4 is 53.9 Å². The highest BCUT2D eigenvalue weighted by Crippen LogP contribution is 2.47. The number of hydrogen-bond acceptors (Lipinski definition) is 0. The van der Waals surface area contributed by atoms with Crippen LogP contribution < -0.4 is 22.8 Å². The molecule has 716 valence electrons. The fraction of sp³-hybridized carbons (Fsp3) is 0.436. The number of fused-ring (bicyclic) bond motifs is 5. The quantitative estimate of drug-likeness (QED) is 0.109. The number of nitrogens with zero attached hydrogens (tertiary/aromatic N) is 5. The first-order valence-electron chi connectivity index (χ1n) is 53.7. The highest BCUT2D eigenvalue weighted by atomic mass is 15.0. The Bertz CT molecular complexity index is 7120. The van der Waals surface area contributed by atoms with Gasteiger partial charge in [-0.25, -0.2) is 0 Å². The topological polar surface area (TPSA) is 19.4 Å². The number of pyridine rings is 5. The SMILES string of the molecule is Cc1cc(C(C)(C)C)cc(-c2c3ccc(C4CCCC4)cc3cc(C)[n+]2C)c1C.Cc1cc(C(C)C)cc(-c2c3ccc(C4CCCC4)cc3cc(C)[n+]2C)c1C.Cc1cc(C)c(C)c(-c2c3ccc(C4CCCC4)cc3cc(C)[n+]2C)c1.Cc1cc(C2CCCC2)cc(-c2c3ccc(C4CCCC4)cc3cc(C)[n+]2C)c1C.Cc1ccc(C)c(-c2c3ccc(C4CCCC4)cc3cc(C)[n+]2C)c1. The third kappa shape index (κ3) is 20.5. The summed E-state index contributed by atoms with van der Waals surface area (Å²) >= 11 is 0. The minimum atomic E-state index is 0.140. The largest absolute Gasteiger partial charge is 0.220 e. The van der Waals surface area contributed by atoms with E-state index in [-0.39, 0.29) is 5.41 Å². The van der Waals surface area contributed by atoms with E-state index in [9.17, 15) is 0 Å². The predicted molar refractivity (Wildman–Crippen MR) is 589 cm³/mol. The van der Waals surface area contributed by atoms with Gasteiger partial charge in [0.15, 0.2) is 28.5 Å². The van der Waals surface area contributed by atoms with Gasteiger partial charge in [0.25, 0.3) is 0 Å². The summed E-state index contributed by atoms with van der Waals surface area (Å²) in [6, 6.07) is 74.0. The van der Waals surface area contributed by atoms with Gasteiger partial charge in [-0.2, -0.15) is 22.8 Å². The number of benzene rings is 10. The monoisotopic (exact) mass is 1830 g/mol. The van der Waals surface area contributed by atoms with Crippen LogP contribution >= 0.6 is 0 Å². The molecule has 5 nitrogen and oxygen atoms in total. The Hall–Kier alpha value is -10.8. The van der Waals surface area contributed by atoms with E-state index in [1.807, 2.05) is 0 Å². The molecule has 5 heteroatoms. The summed E-state index contributed by atoms with van der Waals surface area (Å²) in [5.74, 6) is 5.09. The van der Waals surface area contributed by atoms with Crippen molar-refractivity contribution in [3.05, 3.63) is 322 Å². The Kier molecular flexibility index (Phi) is 29.8. The normalized spacial score (nSPS) is 15.8. The lowest BCUT2D eigenvalue weighted by Crippen LogP contribution is -2.35. The number of hydrogen-bond donors (Lipinski definition) is 0. The van der Waals surface area contributed by atoms with Crippen molar-refractivity contribution in [3.63, 3.8) is 0 Å². The van der Waals surface area contributed by atoms with Crippen LogP contribution in [0.4, 0.5) is 0 Å². The molecule has 0 spiro atoms. The first-order chi connectivity index (χ1) is 66.0. The number of rotatable bonds is 12. The average Bonchev–Trinajstić information content (AvgIpc) is 1.74. The standard InChI is InChI=1S/C29H36N.C28H36N.C27H34N.C25H30N.C24H28N/c1-19-15-25(23-11-7-8-12-23)18-28(21(19)3)29-27-14-13-24(22-9-5-6-10-22)17-26(27)16-20(2)30(29)4;1-18-14-24(28(4,5)6)17-26(20(18)3)27-25-13-12-22(21-10-8-9-11-21)16-23(25)15-19(2)29(27)7;1-17(2)23-13-18(3)20(5)26(16-23)27-25-12-11-22(21-9-7-8-10-21)15-24(25)14-19(4)28(27)6;1-16-12-17(2)19(4)24(13-16)25-23-11-10-21(20-8-6-7-9-20)15-22(23)14-18(3)26(25)5;1-16-9-10-17(2)23(13-16)24-22-12-11-20(19-7-5-6-8-19)15-21(22)14-18(3)25(24)4/h13-18,22-23H,5-12H2,1-4H3;12-17,21H,8-11H2,1-7H3;11-17,21H,7-10H2,1-6H3;10-15,20H,6-9H2,1-5H3;9-15,19H,5-8H2,1-4H3/q5*+1. The molecule has 6 aliphatic carbocycles. The van der Waals surface area contributed by atoms with Crippen molar-refractivity contribution in [2.75, 3.05) is 0 Å². The van der Waals surface area contributed by atoms with Gasteiger partial charge in [0.05, 0.1) is 49.2 Å². The number of aryl methyl sites for hydroxylation is 12. The lowest BCUT2D eigenvalue weighted by Gasteiger charge is -2.22. The van der Waals surface area contributed by atoms with Gasteiger partial charge in [-0.3, -0.25) is 0 Å². The molecule has 15 aromatic rings. The van der Waals surface area contributed by atoms with Crippen LogP contribution in [0.25, 0.3) is 110 Å². The molecule has 6 saturated carbocycles. The van der Waals surface area contributed by atoms with E-state index in [2.05, 4.69) is 392 Å². The molecule has 0 amide bonds. The molecular formula is C133H164N5+5. The first kappa shape index (κ1) is 98.8. The molecule has 6 aliphatic rings. The van der Waals surface area contributed by atoms with Gasteiger partial charge in [0, 0.05) is 70.5 Å². The molecule has 5 aromatic heterocycles. The second-order valence-corrected chi connectivity index (χ2v) is 45.6. The van der Waals surface area contributed by atoms with Crippen LogP contribution in [0, 0.1) is 111 Å². The first-order valence-corrected chi connectivity index (χ1v) is 53.7. The van der Waals surface area contributed by atoms with Gasteiger partial charge in [-0.1, -0.05) is 220 Å². The summed E-state index contributed by atoms with van der Waals surface area (Å²) in [5, 5.41) is 13.8. The summed E-state index contributed by atoms with van der Waals surface area (Å²) in [5.41, 5.74) is 47.7. The summed E-state index contributed by atoms with van der Waals surface area (Å²) in [7, 11) is 11.1. The van der Waals surface area contributed by atoms with E-state index < -0.39 is 0 Å². The summed E-state index contributed by atoms with van der Waals surface area (Å²) in [6.45, 7) is 47.4. The lowest BCUT2D eigenvalue weighted by molar-refractivity contribution is -0.665. The van der Waals surface area contributed by atoms with Crippen LogP contribution in [0.2, 0.25) is 0 Å². The van der Waals surface area contributed by atoms with Crippen LogP contribution in [0.1, 0.15) is 364 Å². The van der Waals surface area contributed by atoms with Crippen molar-refractivity contribution in [1.29, 1.82) is 0 Å². The summed E-state index contributed by atoms with van der Waals surface area (Å²) in [4.78, 5) is 0. The zero-order valence-electron chi connectivity index (χ0n) is 89.6. The average molecular weight is 1830 g/mol. The van der Waals surface area contributed by atoms with Crippen molar-refractivity contribution in [2.24, 2.45) is 35.2 Å². The molecule has 0 saturated heterocycles. The summed E-state index contributed by atoms with van der Waals surface area (Å²) < 4.78 is 11.9. The van der Waals surface area contributed by atoms with Crippen molar-refractivity contribution in [1.82, 2.24) is 0 Å². The Balaban J connectivity index is 0.000000120. The second-order valence-electron chi connectivity index (χ2n) is 45.6. The highest BCUT2D eigenvalue weighted by molar-refractivity contribution is 5.99. The van der Waals surface area contributed by atoms with Crippen molar-refractivity contribution in [3.8, 4) is 56.3 Å². The number of aromatic nitrogens is 5. The lowest BCUT2D eigenvalue weighted by atomic mass is 9.82. The van der Waals surface area contributed by atoms with E-state index >= 15 is 0 Å². The van der Waals surface area contributed by atoms with Crippen LogP contribution in [0.3, 0.4) is 0 Å². The highest BCUT2D eigenvalue weighted by Gasteiger charge is 2.33. The Morgan fingerprint density at radius 3 is 0.783 bits per heavy atom. The molecular weight excluding hydrogens is 1670 g/mol. The fourth-order valence-corrected chi connectivity index (χ4v) is 25.1. The smallest absolute Gasteiger partial charge is 0.198 e. The molecule has 0 unspecified atom stereocenters. The van der Waals surface area contributed by atoms with Crippen LogP contribution in [-0.4, -0.2) is 0 Å². The van der Waals surface area contributed by atoms with E-state index in [1.54, 1.807) is 11.1 Å². The van der Waals surface area contributed by atoms with Gasteiger partial charge in [-0.05, 0) is 382 Å². The maximum atomic E-state index is 2.53. The van der Waals surface area contributed by atoms with Crippen LogP contribution in [0.5, 0.6) is 0 Å². The maximum absolute atomic E-state index is 2.53. The van der Waals surface area contributed by atoms with E-state index in [0.29, 0.717) is 5.92 Å². The van der Waals surface area contributed by atoms with Gasteiger partial charge in [0.1, 0.15) is 35.2 Å². The third-order valence-electron chi connectivity index (χ3n) is 34.8. The van der Waals surface area contributed by atoms with Gasteiger partial charge in [0.2, 0.25) is 28.5 Å². The molecule has 138 heavy (non-hydrogen) atoms. The van der Waals surface area contributed by atoms with Gasteiger partial charge < -0.3 is 0 Å². The zero-order valence-corrected chi connectivity index (χ0v) is 89.6.